The van der Waals surface area contributed by atoms with Crippen LogP contribution in [0.15, 0.2) is 69.0 Å². The first-order valence-corrected chi connectivity index (χ1v) is 15.5. The molecule has 45 heavy (non-hydrogen) atoms. The summed E-state index contributed by atoms with van der Waals surface area (Å²) in [4.78, 5) is 33.0. The van der Waals surface area contributed by atoms with Gasteiger partial charge in [-0.25, -0.2) is 9.31 Å². The van der Waals surface area contributed by atoms with Crippen LogP contribution in [0.1, 0.15) is 75.2 Å². The zero-order valence-electron chi connectivity index (χ0n) is 25.1. The van der Waals surface area contributed by atoms with Crippen molar-refractivity contribution in [2.45, 2.75) is 83.5 Å². The van der Waals surface area contributed by atoms with Crippen molar-refractivity contribution in [1.82, 2.24) is 29.3 Å². The molecule has 0 amide bonds. The molecule has 232 valence electrons. The second kappa shape index (κ2) is 15.3. The predicted molar refractivity (Wildman–Crippen MR) is 173 cm³/mol. The fourth-order valence-corrected chi connectivity index (χ4v) is 6.21. The molecule has 0 radical (unpaired) electrons. The molecule has 0 bridgehead atoms. The van der Waals surface area contributed by atoms with Gasteiger partial charge >= 0.3 is 57.1 Å². The number of hydrogen-bond donors (Lipinski definition) is 2. The number of aliphatic hydroxyl groups is 1. The third-order valence-corrected chi connectivity index (χ3v) is 8.59. The molecule has 0 spiro atoms. The SMILES string of the molecule is CCCc1c(Cc2ccc(-c3ccccc3-c3noc(=O)[nH]3)cc2)c(=O)n(C2CCC(OCC(O)CC)CC2)c2ncnn12.[KH]. The Hall–Kier alpha value is -2.71. The number of nitrogens with one attached hydrogen (secondary N) is 1. The minimum atomic E-state index is -0.601. The fraction of sp³-hybridized carbons (Fsp3) is 0.424. The summed E-state index contributed by atoms with van der Waals surface area (Å²) in [5.41, 5.74) is 5.26. The molecular formula is C33H39KN6O5. The van der Waals surface area contributed by atoms with E-state index in [9.17, 15) is 14.7 Å². The van der Waals surface area contributed by atoms with Crippen molar-refractivity contribution in [1.29, 1.82) is 0 Å². The number of nitrogens with zero attached hydrogens (tertiary/aromatic N) is 5. The van der Waals surface area contributed by atoms with E-state index >= 15 is 0 Å². The van der Waals surface area contributed by atoms with Crippen LogP contribution in [-0.2, 0) is 17.6 Å². The number of ether oxygens (including phenoxy) is 1. The normalized spacial score (nSPS) is 17.3. The molecule has 11 nitrogen and oxygen atoms in total. The maximum absolute atomic E-state index is 14.3. The molecule has 0 aliphatic heterocycles. The van der Waals surface area contributed by atoms with Crippen LogP contribution >= 0.6 is 0 Å². The van der Waals surface area contributed by atoms with Gasteiger partial charge in [0.2, 0.25) is 5.78 Å². The van der Waals surface area contributed by atoms with Crippen LogP contribution in [0.2, 0.25) is 0 Å². The molecule has 3 aromatic heterocycles. The molecule has 2 aromatic carbocycles. The van der Waals surface area contributed by atoms with Gasteiger partial charge in [-0.3, -0.25) is 18.9 Å². The van der Waals surface area contributed by atoms with Crippen molar-refractivity contribution in [2.24, 2.45) is 0 Å². The number of aliphatic hydroxyl groups excluding tert-OH is 1. The predicted octanol–water partition coefficient (Wildman–Crippen LogP) is 4.07. The number of aryl methyl sites for hydroxylation is 1. The number of fused-ring (bicyclic) bond motifs is 1. The van der Waals surface area contributed by atoms with Crippen LogP contribution in [0.5, 0.6) is 0 Å². The summed E-state index contributed by atoms with van der Waals surface area (Å²) in [5.74, 6) is 0.363. The van der Waals surface area contributed by atoms with E-state index in [0.717, 1.165) is 65.6 Å². The average molecular weight is 639 g/mol. The van der Waals surface area contributed by atoms with Gasteiger partial charge in [0.1, 0.15) is 6.33 Å². The quantitative estimate of drug-likeness (QED) is 0.207. The van der Waals surface area contributed by atoms with Crippen LogP contribution in [0.3, 0.4) is 0 Å². The van der Waals surface area contributed by atoms with E-state index in [4.69, 9.17) is 9.26 Å². The van der Waals surface area contributed by atoms with Crippen molar-refractivity contribution in [3.8, 4) is 22.5 Å². The summed E-state index contributed by atoms with van der Waals surface area (Å²) in [5, 5.41) is 18.3. The maximum atomic E-state index is 14.3. The Labute approximate surface area is 303 Å². The zero-order valence-corrected chi connectivity index (χ0v) is 25.1. The number of benzene rings is 2. The topological polar surface area (TPSA) is 141 Å². The first-order valence-electron chi connectivity index (χ1n) is 15.5. The number of H-pyrrole nitrogens is 1. The number of aromatic amines is 1. The van der Waals surface area contributed by atoms with Crippen LogP contribution < -0.4 is 11.3 Å². The van der Waals surface area contributed by atoms with Gasteiger partial charge in [0.25, 0.3) is 5.56 Å². The van der Waals surface area contributed by atoms with Gasteiger partial charge in [0.15, 0.2) is 5.82 Å². The van der Waals surface area contributed by atoms with Crippen LogP contribution in [-0.4, -0.2) is 105 Å². The Kier molecular flexibility index (Phi) is 11.4. The third kappa shape index (κ3) is 7.32. The van der Waals surface area contributed by atoms with Gasteiger partial charge in [-0.15, -0.1) is 0 Å². The van der Waals surface area contributed by atoms with E-state index in [0.29, 0.717) is 37.5 Å². The van der Waals surface area contributed by atoms with E-state index in [2.05, 4.69) is 27.1 Å². The van der Waals surface area contributed by atoms with E-state index in [1.165, 1.54) is 6.33 Å². The molecule has 1 aliphatic rings. The molecule has 1 unspecified atom stereocenters. The molecule has 1 atom stereocenters. The summed E-state index contributed by atoms with van der Waals surface area (Å²) < 4.78 is 14.4. The van der Waals surface area contributed by atoms with Crippen molar-refractivity contribution in [3.05, 3.63) is 92.6 Å². The summed E-state index contributed by atoms with van der Waals surface area (Å²) >= 11 is 0. The van der Waals surface area contributed by atoms with Gasteiger partial charge in [-0.2, -0.15) is 10.1 Å². The fourth-order valence-electron chi connectivity index (χ4n) is 6.21. The molecule has 1 fully saturated rings. The monoisotopic (exact) mass is 638 g/mol. The van der Waals surface area contributed by atoms with E-state index < -0.39 is 11.9 Å². The Morgan fingerprint density at radius 2 is 1.78 bits per heavy atom. The van der Waals surface area contributed by atoms with Crippen LogP contribution in [0, 0.1) is 0 Å². The van der Waals surface area contributed by atoms with Crippen molar-refractivity contribution in [3.63, 3.8) is 0 Å². The molecule has 1 aliphatic carbocycles. The van der Waals surface area contributed by atoms with Crippen molar-refractivity contribution >= 4 is 57.2 Å². The number of hydrogen-bond acceptors (Lipinski definition) is 8. The second-order valence-corrected chi connectivity index (χ2v) is 11.5. The molecule has 0 saturated heterocycles. The number of aromatic nitrogens is 6. The average Bonchev–Trinajstić information content (AvgIpc) is 3.72. The number of rotatable bonds is 11. The molecule has 6 rings (SSSR count). The second-order valence-electron chi connectivity index (χ2n) is 11.5. The summed E-state index contributed by atoms with van der Waals surface area (Å²) in [6.45, 7) is 4.39. The summed E-state index contributed by atoms with van der Waals surface area (Å²) in [7, 11) is 0. The Morgan fingerprint density at radius 3 is 2.44 bits per heavy atom. The van der Waals surface area contributed by atoms with Gasteiger partial charge in [-0.05, 0) is 55.2 Å². The molecule has 2 N–H and O–H groups in total. The first-order chi connectivity index (χ1) is 21.5. The Bertz CT molecular complexity index is 1830. The van der Waals surface area contributed by atoms with Crippen molar-refractivity contribution < 1.29 is 14.4 Å². The third-order valence-electron chi connectivity index (χ3n) is 8.59. The van der Waals surface area contributed by atoms with Gasteiger partial charge < -0.3 is 9.84 Å². The molecule has 12 heteroatoms. The molecular weight excluding hydrogens is 599 g/mol. The summed E-state index contributed by atoms with van der Waals surface area (Å²) in [6, 6.07) is 15.8. The molecule has 1 saturated carbocycles. The molecule has 5 aromatic rings. The standard InChI is InChI=1S/C33H38N6O5.K.H/c1-3-7-29-28(18-21-10-12-22(13-11-21)26-8-5-6-9-27(26)30-36-33(42)44-37-30)31(41)38(32-34-20-35-39(29)32)23-14-16-25(17-15-23)43-19-24(40)4-2;;/h5-6,8-13,20,23-25,40H,3-4,7,14-19H2,1-2H3,(H,36,37,42);;. The van der Waals surface area contributed by atoms with Crippen LogP contribution in [0.4, 0.5) is 0 Å². The van der Waals surface area contributed by atoms with E-state index in [1.807, 2.05) is 64.5 Å². The van der Waals surface area contributed by atoms with Gasteiger partial charge in [0.05, 0.1) is 24.5 Å². The Morgan fingerprint density at radius 1 is 1.04 bits per heavy atom. The van der Waals surface area contributed by atoms with Crippen LogP contribution in [0.25, 0.3) is 28.3 Å². The van der Waals surface area contributed by atoms with Gasteiger partial charge in [0, 0.05) is 23.6 Å². The first kappa shape index (κ1) is 33.6. The molecule has 3 heterocycles. The van der Waals surface area contributed by atoms with Gasteiger partial charge in [-0.1, -0.05) is 74.0 Å². The minimum absolute atomic E-state index is 0. The zero-order chi connectivity index (χ0) is 30.6. The van der Waals surface area contributed by atoms with E-state index in [1.54, 1.807) is 0 Å². The van der Waals surface area contributed by atoms with Crippen molar-refractivity contribution in [2.75, 3.05) is 6.61 Å². The summed E-state index contributed by atoms with van der Waals surface area (Å²) in [6.07, 6.45) is 7.15. The Balaban J connectivity index is 0.00000400. The van der Waals surface area contributed by atoms with E-state index in [-0.39, 0.29) is 69.1 Å².